The standard InChI is InChI=1S/C14H10FNO2S/c1-18-12-4-2-8(6-11(12)17)14-16-10-7-9(15)3-5-13(10)19-14/h2-7,17H,1H3. The van der Waals surface area contributed by atoms with E-state index in [1.165, 1.54) is 30.6 Å². The minimum Gasteiger partial charge on any atom is -0.504 e. The molecule has 1 aromatic heterocycles. The summed E-state index contributed by atoms with van der Waals surface area (Å²) in [6.07, 6.45) is 0. The predicted molar refractivity (Wildman–Crippen MR) is 73.2 cm³/mol. The highest BCUT2D eigenvalue weighted by Crippen LogP contribution is 2.35. The van der Waals surface area contributed by atoms with Crippen LogP contribution in [0.1, 0.15) is 0 Å². The molecule has 5 heteroatoms. The van der Waals surface area contributed by atoms with Gasteiger partial charge in [-0.15, -0.1) is 11.3 Å². The summed E-state index contributed by atoms with van der Waals surface area (Å²) in [5.41, 5.74) is 1.40. The van der Waals surface area contributed by atoms with Crippen molar-refractivity contribution in [2.45, 2.75) is 0 Å². The first-order chi connectivity index (χ1) is 9.17. The maximum atomic E-state index is 13.1. The van der Waals surface area contributed by atoms with Crippen LogP contribution in [0.15, 0.2) is 36.4 Å². The molecule has 0 amide bonds. The van der Waals surface area contributed by atoms with E-state index in [4.69, 9.17) is 4.74 Å². The van der Waals surface area contributed by atoms with Gasteiger partial charge in [0.15, 0.2) is 11.5 Å². The molecule has 0 unspecified atom stereocenters. The Morgan fingerprint density at radius 3 is 2.79 bits per heavy atom. The number of halogens is 1. The van der Waals surface area contributed by atoms with Gasteiger partial charge in [-0.3, -0.25) is 0 Å². The fraction of sp³-hybridized carbons (Fsp3) is 0.0714. The van der Waals surface area contributed by atoms with Crippen molar-refractivity contribution >= 4 is 21.6 Å². The second-order valence-corrected chi connectivity index (χ2v) is 5.05. The third-order valence-electron chi connectivity index (χ3n) is 2.78. The number of phenols is 1. The molecule has 1 N–H and O–H groups in total. The number of methoxy groups -OCH3 is 1. The first-order valence-corrected chi connectivity index (χ1v) is 6.42. The lowest BCUT2D eigenvalue weighted by Crippen LogP contribution is -1.84. The maximum absolute atomic E-state index is 13.1. The minimum atomic E-state index is -0.304. The molecule has 96 valence electrons. The summed E-state index contributed by atoms with van der Waals surface area (Å²) in [5, 5.41) is 10.5. The van der Waals surface area contributed by atoms with Crippen molar-refractivity contribution in [3.63, 3.8) is 0 Å². The van der Waals surface area contributed by atoms with Gasteiger partial charge in [0.2, 0.25) is 0 Å². The molecule has 0 fully saturated rings. The Morgan fingerprint density at radius 2 is 2.05 bits per heavy atom. The van der Waals surface area contributed by atoms with Gasteiger partial charge in [-0.1, -0.05) is 0 Å². The smallest absolute Gasteiger partial charge is 0.160 e. The molecule has 0 atom stereocenters. The molecule has 0 radical (unpaired) electrons. The van der Waals surface area contributed by atoms with Crippen molar-refractivity contribution in [3.8, 4) is 22.1 Å². The highest BCUT2D eigenvalue weighted by atomic mass is 32.1. The van der Waals surface area contributed by atoms with Crippen molar-refractivity contribution < 1.29 is 14.2 Å². The molecule has 0 aliphatic heterocycles. The van der Waals surface area contributed by atoms with Crippen molar-refractivity contribution in [1.82, 2.24) is 4.98 Å². The summed E-state index contributed by atoms with van der Waals surface area (Å²) in [6.45, 7) is 0. The summed E-state index contributed by atoms with van der Waals surface area (Å²) < 4.78 is 19.0. The molecular formula is C14H10FNO2S. The summed E-state index contributed by atoms with van der Waals surface area (Å²) in [5.74, 6) is 0.170. The molecule has 2 aromatic carbocycles. The summed E-state index contributed by atoms with van der Waals surface area (Å²) >= 11 is 1.45. The quantitative estimate of drug-likeness (QED) is 0.773. The first kappa shape index (κ1) is 11.9. The van der Waals surface area contributed by atoms with Gasteiger partial charge in [-0.2, -0.15) is 0 Å². The van der Waals surface area contributed by atoms with Crippen LogP contribution in [0.4, 0.5) is 4.39 Å². The van der Waals surface area contributed by atoms with Gasteiger partial charge in [0.25, 0.3) is 0 Å². The van der Waals surface area contributed by atoms with E-state index >= 15 is 0 Å². The zero-order valence-corrected chi connectivity index (χ0v) is 10.9. The molecule has 3 rings (SSSR count). The van der Waals surface area contributed by atoms with Gasteiger partial charge in [-0.05, 0) is 30.3 Å². The number of thiazole rings is 1. The number of rotatable bonds is 2. The molecule has 0 spiro atoms. The van der Waals surface area contributed by atoms with Gasteiger partial charge in [0, 0.05) is 11.6 Å². The van der Waals surface area contributed by atoms with E-state index in [2.05, 4.69) is 4.98 Å². The number of fused-ring (bicyclic) bond motifs is 1. The Bertz CT molecular complexity index is 754. The van der Waals surface area contributed by atoms with Crippen LogP contribution in [-0.2, 0) is 0 Å². The molecule has 0 aliphatic rings. The van der Waals surface area contributed by atoms with Crippen LogP contribution in [0, 0.1) is 5.82 Å². The molecule has 0 saturated heterocycles. The number of hydrogen-bond acceptors (Lipinski definition) is 4. The Kier molecular flexibility index (Phi) is 2.83. The van der Waals surface area contributed by atoms with Crippen LogP contribution < -0.4 is 4.74 Å². The van der Waals surface area contributed by atoms with Crippen LogP contribution >= 0.6 is 11.3 Å². The third-order valence-corrected chi connectivity index (χ3v) is 3.86. The fourth-order valence-electron chi connectivity index (χ4n) is 1.85. The second-order valence-electron chi connectivity index (χ2n) is 4.02. The van der Waals surface area contributed by atoms with E-state index in [0.29, 0.717) is 11.3 Å². The van der Waals surface area contributed by atoms with Gasteiger partial charge >= 0.3 is 0 Å². The number of aromatic nitrogens is 1. The Labute approximate surface area is 112 Å². The monoisotopic (exact) mass is 275 g/mol. The maximum Gasteiger partial charge on any atom is 0.160 e. The normalized spacial score (nSPS) is 10.8. The average molecular weight is 275 g/mol. The van der Waals surface area contributed by atoms with E-state index in [9.17, 15) is 9.50 Å². The second kappa shape index (κ2) is 4.51. The van der Waals surface area contributed by atoms with E-state index in [1.54, 1.807) is 18.2 Å². The highest BCUT2D eigenvalue weighted by Gasteiger charge is 2.09. The molecule has 3 aromatic rings. The predicted octanol–water partition coefficient (Wildman–Crippen LogP) is 3.82. The zero-order valence-electron chi connectivity index (χ0n) is 10.1. The van der Waals surface area contributed by atoms with E-state index in [1.807, 2.05) is 6.07 Å². The van der Waals surface area contributed by atoms with Gasteiger partial charge in [-0.25, -0.2) is 9.37 Å². The highest BCUT2D eigenvalue weighted by molar-refractivity contribution is 7.21. The minimum absolute atomic E-state index is 0.0606. The molecular weight excluding hydrogens is 265 g/mol. The van der Waals surface area contributed by atoms with E-state index in [-0.39, 0.29) is 11.6 Å². The van der Waals surface area contributed by atoms with Crippen molar-refractivity contribution in [2.75, 3.05) is 7.11 Å². The fourth-order valence-corrected chi connectivity index (χ4v) is 2.79. The number of nitrogens with zero attached hydrogens (tertiary/aromatic N) is 1. The molecule has 3 nitrogen and oxygen atoms in total. The van der Waals surface area contributed by atoms with E-state index in [0.717, 1.165) is 15.3 Å². The van der Waals surface area contributed by atoms with Crippen molar-refractivity contribution in [1.29, 1.82) is 0 Å². The van der Waals surface area contributed by atoms with Crippen LogP contribution in [0.25, 0.3) is 20.8 Å². The van der Waals surface area contributed by atoms with Crippen LogP contribution in [0.2, 0.25) is 0 Å². The summed E-state index contributed by atoms with van der Waals surface area (Å²) in [6, 6.07) is 9.60. The molecule has 0 bridgehead atoms. The van der Waals surface area contributed by atoms with Crippen LogP contribution in [0.3, 0.4) is 0 Å². The third kappa shape index (κ3) is 2.13. The largest absolute Gasteiger partial charge is 0.504 e. The Morgan fingerprint density at radius 1 is 1.21 bits per heavy atom. The van der Waals surface area contributed by atoms with Crippen LogP contribution in [0.5, 0.6) is 11.5 Å². The number of aromatic hydroxyl groups is 1. The molecule has 19 heavy (non-hydrogen) atoms. The lowest BCUT2D eigenvalue weighted by molar-refractivity contribution is 0.373. The van der Waals surface area contributed by atoms with E-state index < -0.39 is 0 Å². The molecule has 0 aliphatic carbocycles. The number of benzene rings is 2. The Balaban J connectivity index is 2.11. The lowest BCUT2D eigenvalue weighted by Gasteiger charge is -2.03. The van der Waals surface area contributed by atoms with Gasteiger partial charge < -0.3 is 9.84 Å². The topological polar surface area (TPSA) is 42.4 Å². The number of ether oxygens (including phenoxy) is 1. The number of hydrogen-bond donors (Lipinski definition) is 1. The molecule has 1 heterocycles. The average Bonchev–Trinajstić information content (AvgIpc) is 2.81. The molecule has 0 saturated carbocycles. The number of phenolic OH excluding ortho intramolecular Hbond substituents is 1. The lowest BCUT2D eigenvalue weighted by atomic mass is 10.2. The SMILES string of the molecule is COc1ccc(-c2nc3cc(F)ccc3s2)cc1O. The van der Waals surface area contributed by atoms with Crippen molar-refractivity contribution in [2.24, 2.45) is 0 Å². The summed E-state index contributed by atoms with van der Waals surface area (Å²) in [7, 11) is 1.50. The van der Waals surface area contributed by atoms with Gasteiger partial charge in [0.1, 0.15) is 10.8 Å². The first-order valence-electron chi connectivity index (χ1n) is 5.61. The van der Waals surface area contributed by atoms with Gasteiger partial charge in [0.05, 0.1) is 17.3 Å². The zero-order chi connectivity index (χ0) is 13.4. The summed E-state index contributed by atoms with van der Waals surface area (Å²) in [4.78, 5) is 4.37. The van der Waals surface area contributed by atoms with Crippen molar-refractivity contribution in [3.05, 3.63) is 42.2 Å². The Hall–Kier alpha value is -2.14. The van der Waals surface area contributed by atoms with Crippen LogP contribution in [-0.4, -0.2) is 17.2 Å².